The summed E-state index contributed by atoms with van der Waals surface area (Å²) in [7, 11) is 0. The van der Waals surface area contributed by atoms with Gasteiger partial charge in [0.25, 0.3) is 0 Å². The molecule has 0 amide bonds. The van der Waals surface area contributed by atoms with Gasteiger partial charge in [-0.1, -0.05) is 56.3 Å². The van der Waals surface area contributed by atoms with Crippen molar-refractivity contribution in [2.45, 2.75) is 40.2 Å². The summed E-state index contributed by atoms with van der Waals surface area (Å²) in [5.41, 5.74) is 2.29. The summed E-state index contributed by atoms with van der Waals surface area (Å²) in [4.78, 5) is 15.3. The van der Waals surface area contributed by atoms with Crippen LogP contribution in [0.4, 0.5) is 0 Å². The monoisotopic (exact) mass is 405 g/mol. The predicted octanol–water partition coefficient (Wildman–Crippen LogP) is 4.15. The number of aryl methyl sites for hydroxylation is 3. The molecule has 1 N–H and O–H groups in total. The number of hydrogen-bond donors (Lipinski definition) is 1. The Morgan fingerprint density at radius 1 is 1.00 bits per heavy atom. The molecular formula is C23H32ClNO3. The molecule has 5 heteroatoms. The van der Waals surface area contributed by atoms with Crippen LogP contribution in [0.15, 0.2) is 42.5 Å². The molecule has 4 nitrogen and oxygen atoms in total. The van der Waals surface area contributed by atoms with Gasteiger partial charge >= 0.3 is 5.97 Å². The van der Waals surface area contributed by atoms with E-state index in [0.717, 1.165) is 29.8 Å². The van der Waals surface area contributed by atoms with Gasteiger partial charge in [0.1, 0.15) is 6.61 Å². The Morgan fingerprint density at radius 2 is 1.57 bits per heavy atom. The van der Waals surface area contributed by atoms with Gasteiger partial charge in [-0.2, -0.15) is 0 Å². The summed E-state index contributed by atoms with van der Waals surface area (Å²) < 4.78 is 5.54. The summed E-state index contributed by atoms with van der Waals surface area (Å²) in [6, 6.07) is 12.9. The van der Waals surface area contributed by atoms with E-state index < -0.39 is 11.6 Å². The Kier molecular flexibility index (Phi) is 9.15. The maximum Gasteiger partial charge on any atom is 0.347 e. The third-order valence-corrected chi connectivity index (χ3v) is 5.25. The maximum atomic E-state index is 13.1. The number of likely N-dealkylation sites (N-methyl/N-ethyl adjacent to an activating group) is 1. The van der Waals surface area contributed by atoms with E-state index in [1.807, 2.05) is 51.1 Å². The number of carbonyl (C=O) groups excluding carboxylic acids is 1. The van der Waals surface area contributed by atoms with Crippen molar-refractivity contribution in [2.75, 3.05) is 26.2 Å². The van der Waals surface area contributed by atoms with E-state index in [9.17, 15) is 9.90 Å². The lowest BCUT2D eigenvalue weighted by Gasteiger charge is -2.29. The Morgan fingerprint density at radius 3 is 2.14 bits per heavy atom. The maximum absolute atomic E-state index is 13.1. The lowest BCUT2D eigenvalue weighted by atomic mass is 9.82. The van der Waals surface area contributed by atoms with E-state index in [2.05, 4.69) is 18.7 Å². The third kappa shape index (κ3) is 5.13. The van der Waals surface area contributed by atoms with Gasteiger partial charge in [0, 0.05) is 12.1 Å². The second-order valence-corrected chi connectivity index (χ2v) is 6.99. The van der Waals surface area contributed by atoms with Crippen LogP contribution in [0.2, 0.25) is 0 Å². The highest BCUT2D eigenvalue weighted by Crippen LogP contribution is 2.34. The van der Waals surface area contributed by atoms with Crippen LogP contribution in [-0.4, -0.2) is 42.2 Å². The largest absolute Gasteiger partial charge is 0.462 e. The molecule has 154 valence electrons. The highest BCUT2D eigenvalue weighted by atomic mass is 35.5. The zero-order chi connectivity index (χ0) is 20.0. The molecule has 28 heavy (non-hydrogen) atoms. The lowest BCUT2D eigenvalue weighted by Crippen LogP contribution is -2.40. The Bertz CT molecular complexity index is 775. The smallest absolute Gasteiger partial charge is 0.347 e. The standard InChI is InChI=1S/C23H31NO3.ClH/c1-6-24(7-2)13-14-27-22(25)23(26,20-11-9-8-10-12-20)21-16-18(4)17(3)15-19(21)5;/h8-12,15-16,26H,6-7,13-14H2,1-5H3;1H. The first kappa shape index (κ1) is 24.2. The van der Waals surface area contributed by atoms with E-state index >= 15 is 0 Å². The topological polar surface area (TPSA) is 49.8 Å². The zero-order valence-electron chi connectivity index (χ0n) is 17.5. The van der Waals surface area contributed by atoms with Gasteiger partial charge in [-0.25, -0.2) is 4.79 Å². The number of rotatable bonds is 8. The molecule has 0 radical (unpaired) electrons. The molecule has 0 saturated carbocycles. The number of benzene rings is 2. The van der Waals surface area contributed by atoms with Crippen LogP contribution >= 0.6 is 12.4 Å². The van der Waals surface area contributed by atoms with Crippen molar-refractivity contribution in [3.63, 3.8) is 0 Å². The average molecular weight is 406 g/mol. The van der Waals surface area contributed by atoms with E-state index in [-0.39, 0.29) is 19.0 Å². The van der Waals surface area contributed by atoms with Gasteiger partial charge in [0.2, 0.25) is 5.60 Å². The van der Waals surface area contributed by atoms with Crippen molar-refractivity contribution in [3.8, 4) is 0 Å². The number of nitrogens with zero attached hydrogens (tertiary/aromatic N) is 1. The fourth-order valence-corrected chi connectivity index (χ4v) is 3.32. The average Bonchev–Trinajstić information content (AvgIpc) is 2.68. The molecule has 0 heterocycles. The molecule has 0 aliphatic carbocycles. The minimum Gasteiger partial charge on any atom is -0.462 e. The van der Waals surface area contributed by atoms with Crippen LogP contribution in [-0.2, 0) is 15.1 Å². The second kappa shape index (κ2) is 10.6. The number of carbonyl (C=O) groups is 1. The van der Waals surface area contributed by atoms with Crippen LogP contribution in [0.3, 0.4) is 0 Å². The van der Waals surface area contributed by atoms with E-state index in [1.165, 1.54) is 0 Å². The predicted molar refractivity (Wildman–Crippen MR) is 116 cm³/mol. The number of aliphatic hydroxyl groups is 1. The van der Waals surface area contributed by atoms with Crippen molar-refractivity contribution in [3.05, 3.63) is 70.3 Å². The Balaban J connectivity index is 0.00000392. The first-order valence-electron chi connectivity index (χ1n) is 9.60. The van der Waals surface area contributed by atoms with Gasteiger partial charge in [-0.05, 0) is 56.1 Å². The highest BCUT2D eigenvalue weighted by molar-refractivity contribution is 5.86. The summed E-state index contributed by atoms with van der Waals surface area (Å²) in [5.74, 6) is -0.632. The number of hydrogen-bond acceptors (Lipinski definition) is 4. The molecule has 0 saturated heterocycles. The summed E-state index contributed by atoms with van der Waals surface area (Å²) in [6.45, 7) is 12.8. The van der Waals surface area contributed by atoms with Crippen LogP contribution < -0.4 is 0 Å². The van der Waals surface area contributed by atoms with Gasteiger partial charge < -0.3 is 14.7 Å². The fraction of sp³-hybridized carbons (Fsp3) is 0.435. The molecule has 0 aromatic heterocycles. The molecular weight excluding hydrogens is 374 g/mol. The lowest BCUT2D eigenvalue weighted by molar-refractivity contribution is -0.162. The normalized spacial score (nSPS) is 13.0. The molecule has 0 bridgehead atoms. The summed E-state index contributed by atoms with van der Waals surface area (Å²) in [6.07, 6.45) is 0. The number of halogens is 1. The minimum absolute atomic E-state index is 0. The SMILES string of the molecule is CCN(CC)CCOC(=O)C(O)(c1ccccc1)c1cc(C)c(C)cc1C.Cl. The van der Waals surface area contributed by atoms with E-state index in [0.29, 0.717) is 17.7 Å². The molecule has 1 unspecified atom stereocenters. The third-order valence-electron chi connectivity index (χ3n) is 5.25. The number of ether oxygens (including phenoxy) is 1. The first-order valence-corrected chi connectivity index (χ1v) is 9.60. The molecule has 2 aromatic rings. The quantitative estimate of drug-likeness (QED) is 0.670. The molecule has 1 atom stereocenters. The molecule has 0 aliphatic rings. The van der Waals surface area contributed by atoms with Crippen LogP contribution in [0.25, 0.3) is 0 Å². The first-order chi connectivity index (χ1) is 12.8. The van der Waals surface area contributed by atoms with Crippen molar-refractivity contribution in [2.24, 2.45) is 0 Å². The second-order valence-electron chi connectivity index (χ2n) is 6.99. The van der Waals surface area contributed by atoms with Gasteiger partial charge in [-0.15, -0.1) is 12.4 Å². The van der Waals surface area contributed by atoms with Crippen LogP contribution in [0, 0.1) is 20.8 Å². The highest BCUT2D eigenvalue weighted by Gasteiger charge is 2.43. The Hall–Kier alpha value is -1.88. The summed E-state index contributed by atoms with van der Waals surface area (Å²) in [5, 5.41) is 11.6. The van der Waals surface area contributed by atoms with Gasteiger partial charge in [-0.3, -0.25) is 0 Å². The van der Waals surface area contributed by atoms with Crippen LogP contribution in [0.1, 0.15) is 41.7 Å². The molecule has 2 aromatic carbocycles. The molecule has 0 spiro atoms. The van der Waals surface area contributed by atoms with Crippen molar-refractivity contribution < 1.29 is 14.6 Å². The van der Waals surface area contributed by atoms with E-state index in [4.69, 9.17) is 4.74 Å². The van der Waals surface area contributed by atoms with Crippen molar-refractivity contribution >= 4 is 18.4 Å². The van der Waals surface area contributed by atoms with Crippen LogP contribution in [0.5, 0.6) is 0 Å². The Labute approximate surface area is 174 Å². The van der Waals surface area contributed by atoms with Gasteiger partial charge in [0.05, 0.1) is 0 Å². The molecule has 2 rings (SSSR count). The molecule has 0 fully saturated rings. The van der Waals surface area contributed by atoms with E-state index in [1.54, 1.807) is 12.1 Å². The fourth-order valence-electron chi connectivity index (χ4n) is 3.32. The minimum atomic E-state index is -1.83. The summed E-state index contributed by atoms with van der Waals surface area (Å²) >= 11 is 0. The number of esters is 1. The van der Waals surface area contributed by atoms with Crippen molar-refractivity contribution in [1.29, 1.82) is 0 Å². The van der Waals surface area contributed by atoms with Gasteiger partial charge in [0.15, 0.2) is 0 Å². The zero-order valence-corrected chi connectivity index (χ0v) is 18.3. The molecule has 0 aliphatic heterocycles. The van der Waals surface area contributed by atoms with Crippen molar-refractivity contribution in [1.82, 2.24) is 4.90 Å².